The highest BCUT2D eigenvalue weighted by Gasteiger charge is 2.08. The Bertz CT molecular complexity index is 443. The fourth-order valence-corrected chi connectivity index (χ4v) is 2.13. The van der Waals surface area contributed by atoms with Gasteiger partial charge in [-0.05, 0) is 26.0 Å². The molecule has 0 aliphatic rings. The number of aromatic nitrogens is 2. The van der Waals surface area contributed by atoms with Gasteiger partial charge in [0.15, 0.2) is 0 Å². The molecule has 2 rings (SSSR count). The van der Waals surface area contributed by atoms with Gasteiger partial charge in [0.05, 0.1) is 11.3 Å². The van der Waals surface area contributed by atoms with Crippen LogP contribution in [0.5, 0.6) is 0 Å². The van der Waals surface area contributed by atoms with E-state index < -0.39 is 0 Å². The van der Waals surface area contributed by atoms with Crippen molar-refractivity contribution in [1.29, 1.82) is 0 Å². The summed E-state index contributed by atoms with van der Waals surface area (Å²) < 4.78 is 0. The van der Waals surface area contributed by atoms with Crippen molar-refractivity contribution in [3.8, 4) is 10.6 Å². The molecule has 2 aromatic rings. The molecule has 0 saturated heterocycles. The summed E-state index contributed by atoms with van der Waals surface area (Å²) in [7, 11) is 0. The molecule has 2 N–H and O–H groups in total. The van der Waals surface area contributed by atoms with Gasteiger partial charge in [-0.15, -0.1) is 11.3 Å². The van der Waals surface area contributed by atoms with Gasteiger partial charge in [-0.3, -0.25) is 0 Å². The monoisotopic (exact) mass is 205 g/mol. The van der Waals surface area contributed by atoms with Crippen LogP contribution >= 0.6 is 11.3 Å². The minimum Gasteiger partial charge on any atom is -0.383 e. The number of aryl methyl sites for hydroxylation is 2. The number of hydrogen-bond acceptors (Lipinski definition) is 4. The normalized spacial score (nSPS) is 10.4. The number of anilines is 1. The lowest BCUT2D eigenvalue weighted by atomic mass is 10.3. The van der Waals surface area contributed by atoms with Gasteiger partial charge < -0.3 is 5.73 Å². The van der Waals surface area contributed by atoms with Gasteiger partial charge in [0.2, 0.25) is 0 Å². The molecule has 72 valence electrons. The van der Waals surface area contributed by atoms with E-state index >= 15 is 0 Å². The molecule has 0 atom stereocenters. The van der Waals surface area contributed by atoms with Crippen LogP contribution in [0.1, 0.15) is 10.6 Å². The Morgan fingerprint density at radius 1 is 1.36 bits per heavy atom. The second-order valence-corrected chi connectivity index (χ2v) is 4.30. The molecular formula is C10H11N3S. The van der Waals surface area contributed by atoms with Gasteiger partial charge >= 0.3 is 0 Å². The van der Waals surface area contributed by atoms with E-state index in [0.717, 1.165) is 16.3 Å². The van der Waals surface area contributed by atoms with E-state index in [9.17, 15) is 0 Å². The SMILES string of the molecule is Cc1nc(-c2cccnc2N)sc1C. The molecule has 0 radical (unpaired) electrons. The van der Waals surface area contributed by atoms with Crippen molar-refractivity contribution >= 4 is 17.2 Å². The summed E-state index contributed by atoms with van der Waals surface area (Å²) in [5.41, 5.74) is 7.76. The first-order valence-corrected chi connectivity index (χ1v) is 5.15. The Morgan fingerprint density at radius 3 is 2.71 bits per heavy atom. The standard InChI is InChI=1S/C10H11N3S/c1-6-7(2)14-10(13-6)8-4-3-5-12-9(8)11/h3-5H,1-2H3,(H2,11,12). The van der Waals surface area contributed by atoms with Crippen LogP contribution in [0, 0.1) is 13.8 Å². The fraction of sp³-hybridized carbons (Fsp3) is 0.200. The van der Waals surface area contributed by atoms with E-state index in [4.69, 9.17) is 5.73 Å². The molecule has 3 nitrogen and oxygen atoms in total. The first kappa shape index (κ1) is 9.15. The highest BCUT2D eigenvalue weighted by Crippen LogP contribution is 2.29. The molecule has 0 fully saturated rings. The summed E-state index contributed by atoms with van der Waals surface area (Å²) in [6.07, 6.45) is 1.69. The third-order valence-corrected chi connectivity index (χ3v) is 3.20. The zero-order chi connectivity index (χ0) is 10.1. The molecule has 2 aromatic heterocycles. The molecule has 0 unspecified atom stereocenters. The lowest BCUT2D eigenvalue weighted by Gasteiger charge is -1.98. The minimum absolute atomic E-state index is 0.543. The summed E-state index contributed by atoms with van der Waals surface area (Å²) in [5.74, 6) is 0.543. The van der Waals surface area contributed by atoms with Gasteiger partial charge in [0.25, 0.3) is 0 Å². The average molecular weight is 205 g/mol. The van der Waals surface area contributed by atoms with Crippen molar-refractivity contribution in [1.82, 2.24) is 9.97 Å². The zero-order valence-corrected chi connectivity index (χ0v) is 8.93. The number of nitrogen functional groups attached to an aromatic ring is 1. The number of hydrogen-bond donors (Lipinski definition) is 1. The average Bonchev–Trinajstić information content (AvgIpc) is 2.48. The molecule has 2 heterocycles. The van der Waals surface area contributed by atoms with Crippen LogP contribution in [0.15, 0.2) is 18.3 Å². The van der Waals surface area contributed by atoms with Crippen LogP contribution in [-0.2, 0) is 0 Å². The Hall–Kier alpha value is -1.42. The molecule has 0 aliphatic carbocycles. The highest BCUT2D eigenvalue weighted by atomic mass is 32.1. The molecule has 0 amide bonds. The predicted molar refractivity (Wildman–Crippen MR) is 59.2 cm³/mol. The van der Waals surface area contributed by atoms with Crippen LogP contribution < -0.4 is 5.73 Å². The Labute approximate surface area is 86.6 Å². The maximum atomic E-state index is 5.77. The molecule has 0 bridgehead atoms. The fourth-order valence-electron chi connectivity index (χ4n) is 1.19. The van der Waals surface area contributed by atoms with E-state index in [0.29, 0.717) is 5.82 Å². The van der Waals surface area contributed by atoms with Gasteiger partial charge in [-0.2, -0.15) is 0 Å². The maximum Gasteiger partial charge on any atom is 0.133 e. The Morgan fingerprint density at radius 2 is 2.14 bits per heavy atom. The van der Waals surface area contributed by atoms with Crippen molar-refractivity contribution < 1.29 is 0 Å². The predicted octanol–water partition coefficient (Wildman–Crippen LogP) is 2.40. The molecule has 0 spiro atoms. The van der Waals surface area contributed by atoms with Gasteiger partial charge in [0, 0.05) is 11.1 Å². The van der Waals surface area contributed by atoms with Crippen LogP contribution in [0.25, 0.3) is 10.6 Å². The minimum atomic E-state index is 0.543. The molecule has 4 heteroatoms. The van der Waals surface area contributed by atoms with Gasteiger partial charge in [0.1, 0.15) is 10.8 Å². The molecule has 0 saturated carbocycles. The topological polar surface area (TPSA) is 51.8 Å². The number of nitrogens with zero attached hydrogens (tertiary/aromatic N) is 2. The lowest BCUT2D eigenvalue weighted by molar-refractivity contribution is 1.23. The highest BCUT2D eigenvalue weighted by molar-refractivity contribution is 7.15. The number of rotatable bonds is 1. The van der Waals surface area contributed by atoms with Crippen LogP contribution in [0.4, 0.5) is 5.82 Å². The van der Waals surface area contributed by atoms with E-state index in [1.165, 1.54) is 4.88 Å². The number of thiazole rings is 1. The summed E-state index contributed by atoms with van der Waals surface area (Å²) in [6, 6.07) is 3.82. The summed E-state index contributed by atoms with van der Waals surface area (Å²) >= 11 is 1.65. The van der Waals surface area contributed by atoms with Crippen molar-refractivity contribution in [2.45, 2.75) is 13.8 Å². The van der Waals surface area contributed by atoms with Crippen LogP contribution in [-0.4, -0.2) is 9.97 Å². The van der Waals surface area contributed by atoms with E-state index in [1.807, 2.05) is 19.1 Å². The summed E-state index contributed by atoms with van der Waals surface area (Å²) in [5, 5.41) is 0.950. The van der Waals surface area contributed by atoms with Gasteiger partial charge in [-0.1, -0.05) is 0 Å². The van der Waals surface area contributed by atoms with Crippen molar-refractivity contribution in [3.05, 3.63) is 28.9 Å². The summed E-state index contributed by atoms with van der Waals surface area (Å²) in [6.45, 7) is 4.06. The zero-order valence-electron chi connectivity index (χ0n) is 8.11. The Kier molecular flexibility index (Phi) is 2.21. The summed E-state index contributed by atoms with van der Waals surface area (Å²) in [4.78, 5) is 9.70. The number of nitrogens with two attached hydrogens (primary N) is 1. The molecule has 14 heavy (non-hydrogen) atoms. The molecule has 0 aliphatic heterocycles. The first-order valence-electron chi connectivity index (χ1n) is 4.33. The van der Waals surface area contributed by atoms with Crippen LogP contribution in [0.3, 0.4) is 0 Å². The third kappa shape index (κ3) is 1.48. The third-order valence-electron chi connectivity index (χ3n) is 2.10. The lowest BCUT2D eigenvalue weighted by Crippen LogP contribution is -1.92. The molecule has 0 aromatic carbocycles. The quantitative estimate of drug-likeness (QED) is 0.777. The first-order chi connectivity index (χ1) is 6.68. The van der Waals surface area contributed by atoms with Gasteiger partial charge in [-0.25, -0.2) is 9.97 Å². The molecular weight excluding hydrogens is 194 g/mol. The Balaban J connectivity index is 2.55. The van der Waals surface area contributed by atoms with Crippen molar-refractivity contribution in [3.63, 3.8) is 0 Å². The number of pyridine rings is 1. The smallest absolute Gasteiger partial charge is 0.133 e. The maximum absolute atomic E-state index is 5.77. The largest absolute Gasteiger partial charge is 0.383 e. The van der Waals surface area contributed by atoms with E-state index in [1.54, 1.807) is 17.5 Å². The van der Waals surface area contributed by atoms with E-state index in [-0.39, 0.29) is 0 Å². The van der Waals surface area contributed by atoms with Crippen LogP contribution in [0.2, 0.25) is 0 Å². The van der Waals surface area contributed by atoms with Crippen molar-refractivity contribution in [2.24, 2.45) is 0 Å². The second-order valence-electron chi connectivity index (χ2n) is 3.10. The van der Waals surface area contributed by atoms with E-state index in [2.05, 4.69) is 16.9 Å². The van der Waals surface area contributed by atoms with Crippen molar-refractivity contribution in [2.75, 3.05) is 5.73 Å². The second kappa shape index (κ2) is 3.38.